The lowest BCUT2D eigenvalue weighted by Crippen LogP contribution is -2.48. The first kappa shape index (κ1) is 16.1. The van der Waals surface area contributed by atoms with E-state index < -0.39 is 0 Å². The Hall–Kier alpha value is -2.44. The summed E-state index contributed by atoms with van der Waals surface area (Å²) < 4.78 is 1.64. The Kier molecular flexibility index (Phi) is 3.94. The fourth-order valence-corrected chi connectivity index (χ4v) is 4.03. The normalized spacial score (nSPS) is 23.4. The van der Waals surface area contributed by atoms with Crippen LogP contribution in [0.25, 0.3) is 5.65 Å². The van der Waals surface area contributed by atoms with Gasteiger partial charge in [0.1, 0.15) is 5.56 Å². The summed E-state index contributed by atoms with van der Waals surface area (Å²) in [4.78, 5) is 33.9. The van der Waals surface area contributed by atoms with Crippen molar-refractivity contribution in [2.75, 3.05) is 19.6 Å². The lowest BCUT2D eigenvalue weighted by Gasteiger charge is -2.35. The van der Waals surface area contributed by atoms with Crippen molar-refractivity contribution in [2.24, 2.45) is 5.92 Å². The maximum Gasteiger partial charge on any atom is 0.259 e. The van der Waals surface area contributed by atoms with Crippen molar-refractivity contribution < 1.29 is 9.59 Å². The van der Waals surface area contributed by atoms with E-state index in [1.807, 2.05) is 22.9 Å². The van der Waals surface area contributed by atoms with Crippen LogP contribution in [0.15, 0.2) is 18.6 Å². The molecular formula is C18H23N5O2. The predicted molar refractivity (Wildman–Crippen MR) is 92.1 cm³/mol. The summed E-state index contributed by atoms with van der Waals surface area (Å²) in [6, 6.07) is 0.132. The largest absolute Gasteiger partial charge is 0.338 e. The number of piperidine rings is 1. The molecule has 2 bridgehead atoms. The Morgan fingerprint density at radius 3 is 2.92 bits per heavy atom. The third-order valence-corrected chi connectivity index (χ3v) is 5.26. The lowest BCUT2D eigenvalue weighted by molar-refractivity contribution is -0.139. The van der Waals surface area contributed by atoms with Crippen molar-refractivity contribution in [3.05, 3.63) is 29.7 Å². The van der Waals surface area contributed by atoms with Crippen LogP contribution in [0.3, 0.4) is 0 Å². The van der Waals surface area contributed by atoms with Crippen LogP contribution in [0.2, 0.25) is 0 Å². The van der Waals surface area contributed by atoms with Gasteiger partial charge in [-0.05, 0) is 31.7 Å². The topological polar surface area (TPSA) is 70.8 Å². The van der Waals surface area contributed by atoms with Crippen LogP contribution in [0.5, 0.6) is 0 Å². The van der Waals surface area contributed by atoms with Gasteiger partial charge >= 0.3 is 0 Å². The Labute approximate surface area is 146 Å². The van der Waals surface area contributed by atoms with Crippen LogP contribution < -0.4 is 0 Å². The Morgan fingerprint density at radius 1 is 1.28 bits per heavy atom. The highest BCUT2D eigenvalue weighted by Crippen LogP contribution is 2.30. The molecule has 132 valence electrons. The number of hydrogen-bond donors (Lipinski definition) is 0. The molecule has 3 fully saturated rings. The van der Waals surface area contributed by atoms with E-state index in [-0.39, 0.29) is 23.8 Å². The van der Waals surface area contributed by atoms with Crippen LogP contribution in [-0.2, 0) is 4.79 Å². The molecule has 3 saturated heterocycles. The zero-order chi connectivity index (χ0) is 17.6. The van der Waals surface area contributed by atoms with Crippen LogP contribution in [0, 0.1) is 12.8 Å². The van der Waals surface area contributed by atoms with Crippen molar-refractivity contribution in [1.82, 2.24) is 24.4 Å². The highest BCUT2D eigenvalue weighted by molar-refractivity contribution is 6.00. The molecule has 0 radical (unpaired) electrons. The molecule has 3 aliphatic rings. The Morgan fingerprint density at radius 2 is 2.12 bits per heavy atom. The quantitative estimate of drug-likeness (QED) is 0.848. The van der Waals surface area contributed by atoms with Gasteiger partial charge in [-0.25, -0.2) is 9.50 Å². The second-order valence-corrected chi connectivity index (χ2v) is 7.13. The molecule has 0 aliphatic carbocycles. The summed E-state index contributed by atoms with van der Waals surface area (Å²) in [5.41, 5.74) is 2.07. The summed E-state index contributed by atoms with van der Waals surface area (Å²) in [5.74, 6) is 0.0581. The Balaban J connectivity index is 1.63. The molecule has 0 N–H and O–H groups in total. The number of hydrogen-bond acceptors (Lipinski definition) is 4. The minimum absolute atomic E-state index is 0.0746. The second-order valence-electron chi connectivity index (χ2n) is 7.13. The summed E-state index contributed by atoms with van der Waals surface area (Å²) >= 11 is 0. The highest BCUT2D eigenvalue weighted by atomic mass is 16.2. The maximum atomic E-state index is 13.1. The standard InChI is InChI=1S/C18H23N5O2/c1-3-6-22-14-5-4-13(17(22)24)10-21(11-14)18(25)15-8-20-23-9-12(2)7-19-16(15)23/h7-9,13-14H,3-6,10-11H2,1-2H3/t13-,14+/m0/s1. The molecule has 7 heteroatoms. The SMILES string of the molecule is CCCN1C(=O)[C@H]2CC[C@@H]1CN(C(=O)c1cnn3cc(C)cnc13)C2. The van der Waals surface area contributed by atoms with Crippen molar-refractivity contribution in [3.8, 4) is 0 Å². The molecule has 0 aromatic carbocycles. The van der Waals surface area contributed by atoms with Gasteiger partial charge in [0.15, 0.2) is 5.65 Å². The minimum atomic E-state index is -0.0775. The highest BCUT2D eigenvalue weighted by Gasteiger charge is 2.41. The van der Waals surface area contributed by atoms with Crippen LogP contribution in [0.4, 0.5) is 0 Å². The van der Waals surface area contributed by atoms with Gasteiger partial charge in [0.05, 0.1) is 12.1 Å². The molecule has 25 heavy (non-hydrogen) atoms. The monoisotopic (exact) mass is 341 g/mol. The van der Waals surface area contributed by atoms with E-state index in [2.05, 4.69) is 17.0 Å². The summed E-state index contributed by atoms with van der Waals surface area (Å²) in [5, 5.41) is 4.26. The first-order valence-corrected chi connectivity index (χ1v) is 8.98. The van der Waals surface area contributed by atoms with E-state index in [0.29, 0.717) is 24.3 Å². The number of aryl methyl sites for hydroxylation is 1. The number of fused-ring (bicyclic) bond motifs is 5. The van der Waals surface area contributed by atoms with E-state index in [0.717, 1.165) is 31.4 Å². The minimum Gasteiger partial charge on any atom is -0.338 e. The van der Waals surface area contributed by atoms with E-state index in [1.165, 1.54) is 0 Å². The van der Waals surface area contributed by atoms with Gasteiger partial charge in [0.2, 0.25) is 5.91 Å². The zero-order valence-corrected chi connectivity index (χ0v) is 14.7. The molecule has 0 saturated carbocycles. The molecule has 3 aliphatic heterocycles. The van der Waals surface area contributed by atoms with Crippen molar-refractivity contribution in [2.45, 2.75) is 39.2 Å². The fourth-order valence-electron chi connectivity index (χ4n) is 4.03. The molecule has 2 amide bonds. The van der Waals surface area contributed by atoms with E-state index >= 15 is 0 Å². The van der Waals surface area contributed by atoms with Gasteiger partial charge in [-0.2, -0.15) is 5.10 Å². The summed E-state index contributed by atoms with van der Waals surface area (Å²) in [7, 11) is 0. The third kappa shape index (κ3) is 2.67. The number of nitrogens with zero attached hydrogens (tertiary/aromatic N) is 5. The van der Waals surface area contributed by atoms with Crippen molar-refractivity contribution in [1.29, 1.82) is 0 Å². The van der Waals surface area contributed by atoms with Gasteiger partial charge < -0.3 is 9.80 Å². The van der Waals surface area contributed by atoms with Gasteiger partial charge in [0.25, 0.3) is 5.91 Å². The maximum absolute atomic E-state index is 13.1. The Bertz CT molecular complexity index is 830. The average molecular weight is 341 g/mol. The first-order valence-electron chi connectivity index (χ1n) is 8.98. The third-order valence-electron chi connectivity index (χ3n) is 5.26. The molecule has 0 spiro atoms. The second kappa shape index (κ2) is 6.13. The van der Waals surface area contributed by atoms with Gasteiger partial charge in [-0.15, -0.1) is 0 Å². The molecule has 0 unspecified atom stereocenters. The van der Waals surface area contributed by atoms with Crippen LogP contribution in [0.1, 0.15) is 42.1 Å². The van der Waals surface area contributed by atoms with E-state index in [4.69, 9.17) is 0 Å². The summed E-state index contributed by atoms with van der Waals surface area (Å²) in [6.45, 7) is 5.90. The summed E-state index contributed by atoms with van der Waals surface area (Å²) in [6.07, 6.45) is 7.99. The number of carbonyl (C=O) groups excluding carboxylic acids is 2. The number of rotatable bonds is 3. The predicted octanol–water partition coefficient (Wildman–Crippen LogP) is 1.51. The van der Waals surface area contributed by atoms with Gasteiger partial charge in [0, 0.05) is 38.1 Å². The zero-order valence-electron chi connectivity index (χ0n) is 14.7. The molecule has 5 heterocycles. The van der Waals surface area contributed by atoms with Gasteiger partial charge in [-0.3, -0.25) is 9.59 Å². The first-order chi connectivity index (χ1) is 12.1. The smallest absolute Gasteiger partial charge is 0.259 e. The molecule has 5 rings (SSSR count). The van der Waals surface area contributed by atoms with Crippen molar-refractivity contribution in [3.63, 3.8) is 0 Å². The molecular weight excluding hydrogens is 318 g/mol. The number of amides is 2. The molecule has 7 nitrogen and oxygen atoms in total. The van der Waals surface area contributed by atoms with E-state index in [1.54, 1.807) is 16.9 Å². The van der Waals surface area contributed by atoms with E-state index in [9.17, 15) is 9.59 Å². The number of carbonyl (C=O) groups is 2. The molecule has 2 atom stereocenters. The molecule has 2 aromatic heterocycles. The molecule has 2 aromatic rings. The van der Waals surface area contributed by atoms with Crippen molar-refractivity contribution >= 4 is 17.5 Å². The average Bonchev–Trinajstić information content (AvgIpc) is 2.81. The lowest BCUT2D eigenvalue weighted by atomic mass is 9.94. The number of aromatic nitrogens is 3. The van der Waals surface area contributed by atoms with Crippen LogP contribution in [-0.4, -0.2) is 61.9 Å². The fraction of sp³-hybridized carbons (Fsp3) is 0.556. The van der Waals surface area contributed by atoms with Gasteiger partial charge in [-0.1, -0.05) is 6.92 Å². The van der Waals surface area contributed by atoms with Crippen LogP contribution >= 0.6 is 0 Å².